The van der Waals surface area contributed by atoms with Gasteiger partial charge in [0.1, 0.15) is 29.0 Å². The number of nitro benzene ring substituents is 1. The largest absolute Gasteiger partial charge is 0.457 e. The van der Waals surface area contributed by atoms with Crippen molar-refractivity contribution in [3.05, 3.63) is 85.8 Å². The van der Waals surface area contributed by atoms with Gasteiger partial charge >= 0.3 is 0 Å². The molecule has 0 aliphatic carbocycles. The zero-order chi connectivity index (χ0) is 21.8. The quantitative estimate of drug-likeness (QED) is 0.229. The molecule has 0 aliphatic heterocycles. The Kier molecular flexibility index (Phi) is 6.16. The summed E-state index contributed by atoms with van der Waals surface area (Å²) in [6, 6.07) is 12.4. The van der Waals surface area contributed by atoms with Crippen molar-refractivity contribution in [2.75, 3.05) is 5.32 Å². The van der Waals surface area contributed by atoms with Crippen LogP contribution in [-0.4, -0.2) is 10.8 Å². The van der Waals surface area contributed by atoms with E-state index in [2.05, 4.69) is 5.32 Å². The number of furan rings is 1. The molecule has 0 unspecified atom stereocenters. The minimum atomic E-state index is -0.962. The summed E-state index contributed by atoms with van der Waals surface area (Å²) in [5, 5.41) is 22.9. The van der Waals surface area contributed by atoms with Crippen LogP contribution in [-0.2, 0) is 4.79 Å². The van der Waals surface area contributed by atoms with E-state index in [0.29, 0.717) is 16.3 Å². The molecular weight excluding hydrogens is 436 g/mol. The molecule has 0 saturated carbocycles. The summed E-state index contributed by atoms with van der Waals surface area (Å²) in [4.78, 5) is 22.4. The van der Waals surface area contributed by atoms with Gasteiger partial charge in [-0.1, -0.05) is 29.3 Å². The number of nitro groups is 1. The average Bonchev–Trinajstić information content (AvgIpc) is 3.18. The Morgan fingerprint density at radius 1 is 1.23 bits per heavy atom. The number of nitrogens with zero attached hydrogens (tertiary/aromatic N) is 2. The van der Waals surface area contributed by atoms with E-state index in [1.54, 1.807) is 30.3 Å². The number of hydrogen-bond acceptors (Lipinski definition) is 5. The van der Waals surface area contributed by atoms with Crippen LogP contribution >= 0.6 is 23.2 Å². The molecule has 0 bridgehead atoms. The molecule has 0 atom stereocenters. The molecule has 10 heteroatoms. The Morgan fingerprint density at radius 2 is 2.00 bits per heavy atom. The predicted octanol–water partition coefficient (Wildman–Crippen LogP) is 5.85. The Hall–Kier alpha value is -3.67. The van der Waals surface area contributed by atoms with Crippen LogP contribution in [0.2, 0.25) is 10.0 Å². The Bertz CT molecular complexity index is 1230. The summed E-state index contributed by atoms with van der Waals surface area (Å²) in [5.41, 5.74) is -0.728. The lowest BCUT2D eigenvalue weighted by atomic mass is 10.2. The maximum atomic E-state index is 13.9. The van der Waals surface area contributed by atoms with E-state index in [-0.39, 0.29) is 10.8 Å². The van der Waals surface area contributed by atoms with E-state index in [9.17, 15) is 24.6 Å². The Labute approximate surface area is 179 Å². The van der Waals surface area contributed by atoms with Crippen molar-refractivity contribution in [1.82, 2.24) is 0 Å². The van der Waals surface area contributed by atoms with Gasteiger partial charge in [-0.15, -0.1) is 0 Å². The fourth-order valence-corrected chi connectivity index (χ4v) is 2.87. The summed E-state index contributed by atoms with van der Waals surface area (Å²) in [7, 11) is 0. The first kappa shape index (κ1) is 21.0. The number of amides is 1. The third-order valence-electron chi connectivity index (χ3n) is 3.90. The van der Waals surface area contributed by atoms with Crippen LogP contribution < -0.4 is 5.32 Å². The molecule has 1 amide bonds. The van der Waals surface area contributed by atoms with Crippen LogP contribution in [0.15, 0.2) is 58.5 Å². The van der Waals surface area contributed by atoms with Crippen LogP contribution in [0.3, 0.4) is 0 Å². The number of hydrogen-bond donors (Lipinski definition) is 1. The zero-order valence-electron chi connectivity index (χ0n) is 14.9. The normalized spacial score (nSPS) is 11.1. The first-order valence-electron chi connectivity index (χ1n) is 8.21. The van der Waals surface area contributed by atoms with Crippen molar-refractivity contribution >= 4 is 46.6 Å². The maximum absolute atomic E-state index is 13.9. The monoisotopic (exact) mass is 445 g/mol. The van der Waals surface area contributed by atoms with Crippen molar-refractivity contribution in [2.45, 2.75) is 0 Å². The summed E-state index contributed by atoms with van der Waals surface area (Å²) in [5.74, 6) is -1.33. The second kappa shape index (κ2) is 8.78. The number of carbonyl (C=O) groups is 1. The topological polar surface area (TPSA) is 109 Å². The average molecular weight is 446 g/mol. The number of rotatable bonds is 5. The minimum Gasteiger partial charge on any atom is -0.457 e. The highest BCUT2D eigenvalue weighted by molar-refractivity contribution is 6.43. The van der Waals surface area contributed by atoms with Gasteiger partial charge in [0.25, 0.3) is 11.6 Å². The fraction of sp³-hybridized carbons (Fsp3) is 0. The van der Waals surface area contributed by atoms with Crippen LogP contribution in [0.5, 0.6) is 0 Å². The zero-order valence-corrected chi connectivity index (χ0v) is 16.4. The third kappa shape index (κ3) is 4.49. The molecule has 0 radical (unpaired) electrons. The molecular formula is C20H10Cl2FN3O4. The van der Waals surface area contributed by atoms with E-state index in [1.807, 2.05) is 0 Å². The molecule has 2 aromatic carbocycles. The first-order valence-corrected chi connectivity index (χ1v) is 8.97. The molecule has 0 aliphatic rings. The van der Waals surface area contributed by atoms with Crippen LogP contribution in [0.4, 0.5) is 15.8 Å². The highest BCUT2D eigenvalue weighted by Crippen LogP contribution is 2.34. The van der Waals surface area contributed by atoms with Gasteiger partial charge in [0.15, 0.2) is 0 Å². The number of nitriles is 1. The molecule has 1 aromatic heterocycles. The number of carbonyl (C=O) groups excluding carboxylic acids is 1. The molecule has 0 spiro atoms. The molecule has 7 nitrogen and oxygen atoms in total. The Balaban J connectivity index is 1.86. The van der Waals surface area contributed by atoms with Crippen LogP contribution in [0.25, 0.3) is 17.4 Å². The Morgan fingerprint density at radius 3 is 2.70 bits per heavy atom. The SMILES string of the molecule is N#C/C(=C\c1ccc(-c2cccc(Cl)c2Cl)o1)C(=O)Nc1cc([N+](=O)[O-])ccc1F. The highest BCUT2D eigenvalue weighted by Gasteiger charge is 2.17. The molecule has 0 fully saturated rings. The lowest BCUT2D eigenvalue weighted by Crippen LogP contribution is -2.14. The van der Waals surface area contributed by atoms with E-state index in [4.69, 9.17) is 27.6 Å². The van der Waals surface area contributed by atoms with Gasteiger partial charge in [0.2, 0.25) is 0 Å². The van der Waals surface area contributed by atoms with Crippen LogP contribution in [0.1, 0.15) is 5.76 Å². The molecule has 1 heterocycles. The maximum Gasteiger partial charge on any atom is 0.271 e. The predicted molar refractivity (Wildman–Crippen MR) is 109 cm³/mol. The van der Waals surface area contributed by atoms with Crippen LogP contribution in [0, 0.1) is 27.3 Å². The van der Waals surface area contributed by atoms with Gasteiger partial charge in [-0.3, -0.25) is 14.9 Å². The second-order valence-electron chi connectivity index (χ2n) is 5.85. The second-order valence-corrected chi connectivity index (χ2v) is 6.63. The molecule has 150 valence electrons. The van der Waals surface area contributed by atoms with Crippen molar-refractivity contribution in [3.63, 3.8) is 0 Å². The molecule has 3 aromatic rings. The van der Waals surface area contributed by atoms with E-state index in [0.717, 1.165) is 24.3 Å². The van der Waals surface area contributed by atoms with Crippen molar-refractivity contribution in [1.29, 1.82) is 5.26 Å². The number of non-ortho nitro benzene ring substituents is 1. The van der Waals surface area contributed by atoms with Gasteiger partial charge in [-0.25, -0.2) is 4.39 Å². The lowest BCUT2D eigenvalue weighted by Gasteiger charge is -2.05. The van der Waals surface area contributed by atoms with E-state index < -0.39 is 33.6 Å². The van der Waals surface area contributed by atoms with Crippen molar-refractivity contribution in [3.8, 4) is 17.4 Å². The number of nitrogens with one attached hydrogen (secondary N) is 1. The summed E-state index contributed by atoms with van der Waals surface area (Å²) >= 11 is 12.1. The van der Waals surface area contributed by atoms with Gasteiger partial charge in [-0.2, -0.15) is 5.26 Å². The van der Waals surface area contributed by atoms with E-state index >= 15 is 0 Å². The van der Waals surface area contributed by atoms with Crippen molar-refractivity contribution < 1.29 is 18.5 Å². The smallest absolute Gasteiger partial charge is 0.271 e. The summed E-state index contributed by atoms with van der Waals surface area (Å²) < 4.78 is 19.5. The summed E-state index contributed by atoms with van der Waals surface area (Å²) in [6.45, 7) is 0. The third-order valence-corrected chi connectivity index (χ3v) is 4.72. The van der Waals surface area contributed by atoms with E-state index in [1.165, 1.54) is 6.07 Å². The standard InChI is InChI=1S/C20H10Cl2FN3O4/c21-15-3-1-2-14(19(15)22)18-7-5-13(30-18)8-11(10-24)20(27)25-17-9-12(26(28)29)4-6-16(17)23/h1-9H,(H,25,27)/b11-8+. The lowest BCUT2D eigenvalue weighted by molar-refractivity contribution is -0.384. The molecule has 0 saturated heterocycles. The fourth-order valence-electron chi connectivity index (χ4n) is 2.47. The van der Waals surface area contributed by atoms with Gasteiger partial charge < -0.3 is 9.73 Å². The van der Waals surface area contributed by atoms with Gasteiger partial charge in [0.05, 0.1) is 20.7 Å². The molecule has 1 N–H and O–H groups in total. The molecule has 30 heavy (non-hydrogen) atoms. The number of halogens is 3. The number of benzene rings is 2. The van der Waals surface area contributed by atoms with Gasteiger partial charge in [-0.05, 0) is 30.3 Å². The first-order chi connectivity index (χ1) is 14.3. The minimum absolute atomic E-state index is 0.159. The van der Waals surface area contributed by atoms with Crippen molar-refractivity contribution in [2.24, 2.45) is 0 Å². The number of anilines is 1. The highest BCUT2D eigenvalue weighted by atomic mass is 35.5. The molecule has 3 rings (SSSR count). The van der Waals surface area contributed by atoms with Gasteiger partial charge in [0, 0.05) is 23.8 Å². The summed E-state index contributed by atoms with van der Waals surface area (Å²) in [6.07, 6.45) is 1.15.